The van der Waals surface area contributed by atoms with Gasteiger partial charge in [0, 0.05) is 17.9 Å². The van der Waals surface area contributed by atoms with E-state index in [4.69, 9.17) is 9.84 Å². The number of hydrogen-bond donors (Lipinski definition) is 1. The van der Waals surface area contributed by atoms with E-state index in [2.05, 4.69) is 5.10 Å². The zero-order chi connectivity index (χ0) is 14.0. The molecule has 0 saturated carbocycles. The van der Waals surface area contributed by atoms with E-state index < -0.39 is 5.97 Å². The molecule has 1 aromatic carbocycles. The van der Waals surface area contributed by atoms with Gasteiger partial charge in [0.25, 0.3) is 0 Å². The van der Waals surface area contributed by atoms with Crippen molar-refractivity contribution < 1.29 is 19.4 Å². The molecule has 0 aliphatic carbocycles. The lowest BCUT2D eigenvalue weighted by atomic mass is 10.1. The van der Waals surface area contributed by atoms with Crippen LogP contribution in [-0.4, -0.2) is 33.7 Å². The smallest absolute Gasteiger partial charge is 0.325 e. The number of carboxylic acid groups (broad SMARTS) is 1. The van der Waals surface area contributed by atoms with Crippen LogP contribution in [0.3, 0.4) is 0 Å². The summed E-state index contributed by atoms with van der Waals surface area (Å²) < 4.78 is 6.41. The number of aromatic nitrogens is 2. The van der Waals surface area contributed by atoms with E-state index in [1.807, 2.05) is 0 Å². The third kappa shape index (κ3) is 2.42. The van der Waals surface area contributed by atoms with Gasteiger partial charge < -0.3 is 9.84 Å². The molecule has 0 spiro atoms. The highest BCUT2D eigenvalue weighted by Crippen LogP contribution is 2.24. The number of Topliss-reactive ketones (excluding diaryl/α,β-unsaturated/α-hetero) is 1. The summed E-state index contributed by atoms with van der Waals surface area (Å²) in [6, 6.07) is 5.13. The molecule has 0 aliphatic rings. The van der Waals surface area contributed by atoms with Crippen LogP contribution in [-0.2, 0) is 11.3 Å². The van der Waals surface area contributed by atoms with Crippen LogP contribution in [0.2, 0.25) is 0 Å². The minimum Gasteiger partial charge on any atom is -0.497 e. The number of fused-ring (bicyclic) bond motifs is 1. The molecule has 0 unspecified atom stereocenters. The van der Waals surface area contributed by atoms with Gasteiger partial charge in [-0.1, -0.05) is 6.92 Å². The molecule has 2 aromatic rings. The summed E-state index contributed by atoms with van der Waals surface area (Å²) in [6.45, 7) is 1.45. The van der Waals surface area contributed by atoms with Gasteiger partial charge in [-0.05, 0) is 12.1 Å². The Morgan fingerprint density at radius 1 is 1.42 bits per heavy atom. The number of ketones is 1. The standard InChI is InChI=1S/C13H14N2O4/c1-3-11(16)13-9-5-4-8(19-2)6-10(9)15(14-13)7-12(17)18/h4-6H,3,7H2,1-2H3,(H,17,18). The van der Waals surface area contributed by atoms with Gasteiger partial charge in [-0.2, -0.15) is 5.10 Å². The first-order valence-electron chi connectivity index (χ1n) is 5.86. The van der Waals surface area contributed by atoms with Gasteiger partial charge in [0.05, 0.1) is 12.6 Å². The Bertz CT molecular complexity index is 645. The molecule has 6 heteroatoms. The fourth-order valence-corrected chi connectivity index (χ4v) is 1.90. The maximum atomic E-state index is 11.8. The molecule has 6 nitrogen and oxygen atoms in total. The predicted molar refractivity (Wildman–Crippen MR) is 68.5 cm³/mol. The summed E-state index contributed by atoms with van der Waals surface area (Å²) in [5.41, 5.74) is 0.889. The SMILES string of the molecule is CCC(=O)c1nn(CC(=O)O)c2cc(OC)ccc12. The van der Waals surface area contributed by atoms with E-state index in [9.17, 15) is 9.59 Å². The first kappa shape index (κ1) is 13.1. The second kappa shape index (κ2) is 5.09. The molecule has 1 aromatic heterocycles. The van der Waals surface area contributed by atoms with Crippen molar-refractivity contribution in [3.8, 4) is 5.75 Å². The van der Waals surface area contributed by atoms with Crippen LogP contribution in [0.15, 0.2) is 18.2 Å². The van der Waals surface area contributed by atoms with Crippen molar-refractivity contribution >= 4 is 22.7 Å². The van der Waals surface area contributed by atoms with Crippen molar-refractivity contribution in [3.05, 3.63) is 23.9 Å². The fraction of sp³-hybridized carbons (Fsp3) is 0.308. The molecule has 1 heterocycles. The Balaban J connectivity index is 2.65. The summed E-state index contributed by atoms with van der Waals surface area (Å²) in [7, 11) is 1.52. The van der Waals surface area contributed by atoms with Gasteiger partial charge in [-0.3, -0.25) is 14.3 Å². The third-order valence-electron chi connectivity index (χ3n) is 2.83. The molecule has 0 bridgehead atoms. The van der Waals surface area contributed by atoms with Gasteiger partial charge in [0.1, 0.15) is 18.0 Å². The molecule has 0 amide bonds. The van der Waals surface area contributed by atoms with Gasteiger partial charge in [0.2, 0.25) is 0 Å². The van der Waals surface area contributed by atoms with Crippen molar-refractivity contribution in [1.29, 1.82) is 0 Å². The molecule has 0 fully saturated rings. The minimum absolute atomic E-state index is 0.112. The van der Waals surface area contributed by atoms with Crippen LogP contribution < -0.4 is 4.74 Å². The highest BCUT2D eigenvalue weighted by molar-refractivity contribution is 6.06. The number of nitrogens with zero attached hydrogens (tertiary/aromatic N) is 2. The number of rotatable bonds is 5. The van der Waals surface area contributed by atoms with E-state index >= 15 is 0 Å². The van der Waals surface area contributed by atoms with E-state index in [1.165, 1.54) is 11.8 Å². The quantitative estimate of drug-likeness (QED) is 0.830. The summed E-state index contributed by atoms with van der Waals surface area (Å²) >= 11 is 0. The number of aliphatic carboxylic acids is 1. The fourth-order valence-electron chi connectivity index (χ4n) is 1.90. The largest absolute Gasteiger partial charge is 0.497 e. The van der Waals surface area contributed by atoms with Crippen LogP contribution in [0.25, 0.3) is 10.9 Å². The molecule has 0 aliphatic heterocycles. The Kier molecular flexibility index (Phi) is 3.50. The van der Waals surface area contributed by atoms with Crippen LogP contribution >= 0.6 is 0 Å². The van der Waals surface area contributed by atoms with Gasteiger partial charge in [0.15, 0.2) is 5.78 Å². The number of carbonyl (C=O) groups is 2. The maximum Gasteiger partial charge on any atom is 0.325 e. The number of carbonyl (C=O) groups excluding carboxylic acids is 1. The van der Waals surface area contributed by atoms with Crippen LogP contribution in [0.4, 0.5) is 0 Å². The number of carboxylic acids is 1. The Hall–Kier alpha value is -2.37. The van der Waals surface area contributed by atoms with Gasteiger partial charge in [-0.15, -0.1) is 0 Å². The number of benzene rings is 1. The van der Waals surface area contributed by atoms with E-state index in [0.29, 0.717) is 28.8 Å². The Morgan fingerprint density at radius 3 is 2.74 bits per heavy atom. The lowest BCUT2D eigenvalue weighted by molar-refractivity contribution is -0.137. The molecule has 0 atom stereocenters. The lowest BCUT2D eigenvalue weighted by Gasteiger charge is -2.01. The molecule has 0 radical (unpaired) electrons. The van der Waals surface area contributed by atoms with Crippen molar-refractivity contribution in [2.24, 2.45) is 0 Å². The number of methoxy groups -OCH3 is 1. The molecule has 1 N–H and O–H groups in total. The number of ether oxygens (including phenoxy) is 1. The average molecular weight is 262 g/mol. The second-order valence-electron chi connectivity index (χ2n) is 4.06. The highest BCUT2D eigenvalue weighted by atomic mass is 16.5. The summed E-state index contributed by atoms with van der Waals surface area (Å²) in [5, 5.41) is 13.6. The summed E-state index contributed by atoms with van der Waals surface area (Å²) in [5.74, 6) is -0.531. The van der Waals surface area contributed by atoms with Crippen molar-refractivity contribution in [2.45, 2.75) is 19.9 Å². The van der Waals surface area contributed by atoms with Crippen LogP contribution in [0.1, 0.15) is 23.8 Å². The first-order valence-corrected chi connectivity index (χ1v) is 5.86. The number of hydrogen-bond acceptors (Lipinski definition) is 4. The topological polar surface area (TPSA) is 81.4 Å². The molecular formula is C13H14N2O4. The van der Waals surface area contributed by atoms with Crippen molar-refractivity contribution in [2.75, 3.05) is 7.11 Å². The van der Waals surface area contributed by atoms with E-state index in [-0.39, 0.29) is 12.3 Å². The average Bonchev–Trinajstić information content (AvgIpc) is 2.75. The highest BCUT2D eigenvalue weighted by Gasteiger charge is 2.17. The van der Waals surface area contributed by atoms with Crippen LogP contribution in [0, 0.1) is 0 Å². The van der Waals surface area contributed by atoms with E-state index in [1.54, 1.807) is 25.1 Å². The first-order chi connectivity index (χ1) is 9.06. The lowest BCUT2D eigenvalue weighted by Crippen LogP contribution is -2.11. The predicted octanol–water partition coefficient (Wildman–Crippen LogP) is 1.72. The zero-order valence-corrected chi connectivity index (χ0v) is 10.7. The monoisotopic (exact) mass is 262 g/mol. The van der Waals surface area contributed by atoms with Crippen molar-refractivity contribution in [1.82, 2.24) is 9.78 Å². The normalized spacial score (nSPS) is 10.6. The Labute approximate surface area is 109 Å². The summed E-state index contributed by atoms with van der Waals surface area (Å²) in [4.78, 5) is 22.7. The Morgan fingerprint density at radius 2 is 2.16 bits per heavy atom. The molecule has 0 saturated heterocycles. The maximum absolute atomic E-state index is 11.8. The van der Waals surface area contributed by atoms with Crippen molar-refractivity contribution in [3.63, 3.8) is 0 Å². The van der Waals surface area contributed by atoms with Gasteiger partial charge in [-0.25, -0.2) is 0 Å². The summed E-state index contributed by atoms with van der Waals surface area (Å²) in [6.07, 6.45) is 0.325. The molecule has 2 rings (SSSR count). The second-order valence-corrected chi connectivity index (χ2v) is 4.06. The minimum atomic E-state index is -1.01. The zero-order valence-electron chi connectivity index (χ0n) is 10.7. The van der Waals surface area contributed by atoms with Crippen LogP contribution in [0.5, 0.6) is 5.75 Å². The molecule has 100 valence electrons. The van der Waals surface area contributed by atoms with Gasteiger partial charge >= 0.3 is 5.97 Å². The molecular weight excluding hydrogens is 248 g/mol. The third-order valence-corrected chi connectivity index (χ3v) is 2.83. The molecule has 19 heavy (non-hydrogen) atoms. The van der Waals surface area contributed by atoms with E-state index in [0.717, 1.165) is 0 Å².